The fourth-order valence-electron chi connectivity index (χ4n) is 2.13. The zero-order valence-corrected chi connectivity index (χ0v) is 11.0. The van der Waals surface area contributed by atoms with Crippen molar-refractivity contribution in [1.82, 2.24) is 0 Å². The number of halogens is 2. The van der Waals surface area contributed by atoms with Gasteiger partial charge in [0, 0.05) is 0 Å². The van der Waals surface area contributed by atoms with Crippen LogP contribution >= 0.6 is 23.2 Å². The van der Waals surface area contributed by atoms with Crippen LogP contribution in [0, 0.1) is 0 Å². The van der Waals surface area contributed by atoms with Gasteiger partial charge in [-0.05, 0) is 31.4 Å². The summed E-state index contributed by atoms with van der Waals surface area (Å²) in [5.74, 6) is 0.560. The molecular weight excluding hydrogens is 259 g/mol. The van der Waals surface area contributed by atoms with Gasteiger partial charge in [0.15, 0.2) is 0 Å². The average molecular weight is 275 g/mol. The van der Waals surface area contributed by atoms with Gasteiger partial charge >= 0.3 is 0 Å². The monoisotopic (exact) mass is 274 g/mol. The first kappa shape index (κ1) is 13.0. The van der Waals surface area contributed by atoms with Gasteiger partial charge in [0.05, 0.1) is 11.1 Å². The van der Waals surface area contributed by atoms with Crippen LogP contribution in [0.5, 0.6) is 5.75 Å². The van der Waals surface area contributed by atoms with E-state index in [4.69, 9.17) is 27.9 Å². The van der Waals surface area contributed by atoms with Gasteiger partial charge in [0.1, 0.15) is 16.9 Å². The Balaban J connectivity index is 2.10. The molecule has 2 unspecified atom stereocenters. The van der Waals surface area contributed by atoms with Crippen LogP contribution in [0.3, 0.4) is 0 Å². The molecule has 0 saturated heterocycles. The van der Waals surface area contributed by atoms with E-state index in [9.17, 15) is 5.11 Å². The highest BCUT2D eigenvalue weighted by molar-refractivity contribution is 6.42. The highest BCUT2D eigenvalue weighted by Gasteiger charge is 2.24. The maximum absolute atomic E-state index is 9.97. The molecule has 0 bridgehead atoms. The Morgan fingerprint density at radius 3 is 2.71 bits per heavy atom. The van der Waals surface area contributed by atoms with Gasteiger partial charge in [0.2, 0.25) is 0 Å². The smallest absolute Gasteiger partial charge is 0.139 e. The van der Waals surface area contributed by atoms with Crippen molar-refractivity contribution in [3.63, 3.8) is 0 Å². The van der Waals surface area contributed by atoms with Crippen LogP contribution in [-0.2, 0) is 0 Å². The first-order chi connectivity index (χ1) is 8.18. The molecule has 0 aliphatic heterocycles. The summed E-state index contributed by atoms with van der Waals surface area (Å²) in [7, 11) is 0. The zero-order valence-electron chi connectivity index (χ0n) is 9.53. The van der Waals surface area contributed by atoms with Crippen molar-refractivity contribution in [1.29, 1.82) is 0 Å². The van der Waals surface area contributed by atoms with E-state index >= 15 is 0 Å². The molecule has 0 aromatic heterocycles. The standard InChI is InChI=1S/C13H16Cl2O2/c14-9-5-4-8-12(13(9)15)17-11-7-3-1-2-6-10(11)16/h4-5,8,10-11,16H,1-3,6-7H2. The molecule has 1 aliphatic rings. The van der Waals surface area contributed by atoms with Gasteiger partial charge < -0.3 is 9.84 Å². The highest BCUT2D eigenvalue weighted by atomic mass is 35.5. The normalized spacial score (nSPS) is 25.4. The van der Waals surface area contributed by atoms with Crippen LogP contribution in [0.4, 0.5) is 0 Å². The number of aliphatic hydroxyl groups is 1. The minimum absolute atomic E-state index is 0.173. The van der Waals surface area contributed by atoms with Gasteiger partial charge in [-0.1, -0.05) is 42.1 Å². The summed E-state index contributed by atoms with van der Waals surface area (Å²) >= 11 is 12.0. The van der Waals surface area contributed by atoms with Crippen molar-refractivity contribution in [2.75, 3.05) is 0 Å². The van der Waals surface area contributed by atoms with Crippen LogP contribution in [0.1, 0.15) is 32.1 Å². The summed E-state index contributed by atoms with van der Waals surface area (Å²) in [6.07, 6.45) is 4.37. The molecule has 0 amide bonds. The van der Waals surface area contributed by atoms with Crippen LogP contribution in [-0.4, -0.2) is 17.3 Å². The highest BCUT2D eigenvalue weighted by Crippen LogP contribution is 2.33. The minimum Gasteiger partial charge on any atom is -0.486 e. The predicted molar refractivity (Wildman–Crippen MR) is 70.0 cm³/mol. The number of hydrogen-bond acceptors (Lipinski definition) is 2. The molecular formula is C13H16Cl2O2. The SMILES string of the molecule is OC1CCCCCC1Oc1cccc(Cl)c1Cl. The lowest BCUT2D eigenvalue weighted by molar-refractivity contribution is 0.0320. The topological polar surface area (TPSA) is 29.5 Å². The molecule has 1 aromatic rings. The molecule has 0 radical (unpaired) electrons. The molecule has 4 heteroatoms. The van der Waals surface area contributed by atoms with E-state index in [0.29, 0.717) is 15.8 Å². The summed E-state index contributed by atoms with van der Waals surface area (Å²) < 4.78 is 5.79. The summed E-state index contributed by atoms with van der Waals surface area (Å²) in [6.45, 7) is 0. The van der Waals surface area contributed by atoms with E-state index in [0.717, 1.165) is 32.1 Å². The number of hydrogen-bond donors (Lipinski definition) is 1. The van der Waals surface area contributed by atoms with E-state index in [-0.39, 0.29) is 6.10 Å². The van der Waals surface area contributed by atoms with Crippen molar-refractivity contribution in [2.45, 2.75) is 44.3 Å². The first-order valence-electron chi connectivity index (χ1n) is 5.97. The van der Waals surface area contributed by atoms with E-state index < -0.39 is 6.10 Å². The lowest BCUT2D eigenvalue weighted by Gasteiger charge is -2.22. The van der Waals surface area contributed by atoms with Crippen molar-refractivity contribution in [2.24, 2.45) is 0 Å². The maximum atomic E-state index is 9.97. The number of ether oxygens (including phenoxy) is 1. The number of rotatable bonds is 2. The summed E-state index contributed by atoms with van der Waals surface area (Å²) in [5, 5.41) is 10.9. The molecule has 17 heavy (non-hydrogen) atoms. The van der Waals surface area contributed by atoms with Crippen molar-refractivity contribution in [3.05, 3.63) is 28.2 Å². The van der Waals surface area contributed by atoms with Gasteiger partial charge in [-0.25, -0.2) is 0 Å². The Morgan fingerprint density at radius 2 is 1.88 bits per heavy atom. The second-order valence-electron chi connectivity index (χ2n) is 4.41. The van der Waals surface area contributed by atoms with E-state index in [1.807, 2.05) is 0 Å². The third-order valence-corrected chi connectivity index (χ3v) is 3.91. The zero-order chi connectivity index (χ0) is 12.3. The van der Waals surface area contributed by atoms with E-state index in [2.05, 4.69) is 0 Å². The molecule has 1 fully saturated rings. The van der Waals surface area contributed by atoms with Crippen LogP contribution < -0.4 is 4.74 Å². The predicted octanol–water partition coefficient (Wildman–Crippen LogP) is 4.07. The Morgan fingerprint density at radius 1 is 1.12 bits per heavy atom. The van der Waals surface area contributed by atoms with Gasteiger partial charge in [0.25, 0.3) is 0 Å². The van der Waals surface area contributed by atoms with Crippen LogP contribution in [0.15, 0.2) is 18.2 Å². The Labute approximate surface area is 111 Å². The molecule has 1 aliphatic carbocycles. The number of aliphatic hydroxyl groups excluding tert-OH is 1. The lowest BCUT2D eigenvalue weighted by Crippen LogP contribution is -2.30. The molecule has 1 saturated carbocycles. The molecule has 2 rings (SSSR count). The van der Waals surface area contributed by atoms with Crippen molar-refractivity contribution >= 4 is 23.2 Å². The number of benzene rings is 1. The second-order valence-corrected chi connectivity index (χ2v) is 5.20. The van der Waals surface area contributed by atoms with E-state index in [1.54, 1.807) is 18.2 Å². The third-order valence-electron chi connectivity index (χ3n) is 3.11. The summed E-state index contributed by atoms with van der Waals surface area (Å²) in [6, 6.07) is 5.30. The minimum atomic E-state index is -0.410. The Hall–Kier alpha value is -0.440. The first-order valence-corrected chi connectivity index (χ1v) is 6.73. The Bertz CT molecular complexity index is 382. The molecule has 0 heterocycles. The summed E-state index contributed by atoms with van der Waals surface area (Å²) in [4.78, 5) is 0. The van der Waals surface area contributed by atoms with Gasteiger partial charge in [-0.15, -0.1) is 0 Å². The third kappa shape index (κ3) is 3.27. The van der Waals surface area contributed by atoms with Crippen molar-refractivity contribution in [3.8, 4) is 5.75 Å². The molecule has 94 valence electrons. The van der Waals surface area contributed by atoms with Crippen LogP contribution in [0.2, 0.25) is 10.0 Å². The summed E-state index contributed by atoms with van der Waals surface area (Å²) in [5.41, 5.74) is 0. The molecule has 1 aromatic carbocycles. The maximum Gasteiger partial charge on any atom is 0.139 e. The van der Waals surface area contributed by atoms with Gasteiger partial charge in [-0.2, -0.15) is 0 Å². The van der Waals surface area contributed by atoms with Gasteiger partial charge in [-0.3, -0.25) is 0 Å². The van der Waals surface area contributed by atoms with Crippen molar-refractivity contribution < 1.29 is 9.84 Å². The average Bonchev–Trinajstić information content (AvgIpc) is 2.51. The van der Waals surface area contributed by atoms with Crippen LogP contribution in [0.25, 0.3) is 0 Å². The molecule has 2 nitrogen and oxygen atoms in total. The fourth-order valence-corrected chi connectivity index (χ4v) is 2.47. The molecule has 0 spiro atoms. The molecule has 1 N–H and O–H groups in total. The second kappa shape index (κ2) is 5.94. The lowest BCUT2D eigenvalue weighted by atomic mass is 10.1. The molecule has 2 atom stereocenters. The fraction of sp³-hybridized carbons (Fsp3) is 0.538. The quantitative estimate of drug-likeness (QED) is 0.824. The largest absolute Gasteiger partial charge is 0.486 e. The van der Waals surface area contributed by atoms with E-state index in [1.165, 1.54) is 0 Å². The Kier molecular flexibility index (Phi) is 4.55.